The first-order valence-corrected chi connectivity index (χ1v) is 8.93. The molecule has 4 aromatic rings. The molecule has 0 unspecified atom stereocenters. The standard InChI is InChI=1S/C23H15NO6/c25-16-8-9-17-21(13-16)30-20(22(23(17)27)15-4-2-1-3-5-15)11-7-14-6-10-19(26)18(12-14)24(28)29/h1-13,25-26H/p-1/b11-7+. The molecule has 0 spiro atoms. The van der Waals surface area contributed by atoms with Gasteiger partial charge in [-0.15, -0.1) is 0 Å². The molecule has 0 amide bonds. The van der Waals surface area contributed by atoms with Crippen LogP contribution in [0.3, 0.4) is 0 Å². The SMILES string of the molecule is O=c1c(-c2ccccc2)c(/C=C/c2ccc([O-])c([N+](=O)[O-])c2)oc2cc(O)ccc12. The summed E-state index contributed by atoms with van der Waals surface area (Å²) < 4.78 is 5.89. The Bertz CT molecular complexity index is 1360. The van der Waals surface area contributed by atoms with Gasteiger partial charge in [-0.1, -0.05) is 48.5 Å². The third kappa shape index (κ3) is 3.51. The van der Waals surface area contributed by atoms with E-state index in [1.54, 1.807) is 24.3 Å². The molecule has 7 heteroatoms. The maximum atomic E-state index is 13.2. The van der Waals surface area contributed by atoms with Crippen molar-refractivity contribution in [1.29, 1.82) is 0 Å². The Morgan fingerprint density at radius 1 is 0.967 bits per heavy atom. The minimum atomic E-state index is -0.742. The molecule has 3 aromatic carbocycles. The van der Waals surface area contributed by atoms with Gasteiger partial charge in [0, 0.05) is 12.1 Å². The summed E-state index contributed by atoms with van der Waals surface area (Å²) >= 11 is 0. The molecule has 0 fully saturated rings. The van der Waals surface area contributed by atoms with Crippen LogP contribution in [-0.2, 0) is 0 Å². The zero-order valence-electron chi connectivity index (χ0n) is 15.4. The molecule has 0 aliphatic rings. The van der Waals surface area contributed by atoms with Crippen molar-refractivity contribution < 1.29 is 19.6 Å². The number of fused-ring (bicyclic) bond motifs is 1. The quantitative estimate of drug-likeness (QED) is 0.403. The van der Waals surface area contributed by atoms with E-state index in [0.29, 0.717) is 22.1 Å². The lowest BCUT2D eigenvalue weighted by molar-refractivity contribution is -0.398. The predicted octanol–water partition coefficient (Wildman–Crippen LogP) is 4.32. The summed E-state index contributed by atoms with van der Waals surface area (Å²) in [6, 6.07) is 16.9. The van der Waals surface area contributed by atoms with E-state index in [1.165, 1.54) is 36.4 Å². The van der Waals surface area contributed by atoms with Crippen LogP contribution in [0.1, 0.15) is 11.3 Å². The van der Waals surface area contributed by atoms with Gasteiger partial charge in [-0.05, 0) is 35.1 Å². The Balaban J connectivity index is 1.91. The fourth-order valence-electron chi connectivity index (χ4n) is 3.15. The first kappa shape index (κ1) is 18.9. The van der Waals surface area contributed by atoms with Crippen molar-refractivity contribution in [2.45, 2.75) is 0 Å². The maximum absolute atomic E-state index is 13.2. The monoisotopic (exact) mass is 400 g/mol. The van der Waals surface area contributed by atoms with Crippen molar-refractivity contribution in [2.24, 2.45) is 0 Å². The number of aromatic hydroxyl groups is 1. The molecule has 1 aromatic heterocycles. The summed E-state index contributed by atoms with van der Waals surface area (Å²) in [5.41, 5.74) is 0.759. The molecule has 0 saturated heterocycles. The van der Waals surface area contributed by atoms with E-state index in [4.69, 9.17) is 4.42 Å². The second-order valence-electron chi connectivity index (χ2n) is 6.53. The van der Waals surface area contributed by atoms with Gasteiger partial charge in [-0.25, -0.2) is 0 Å². The molecular weight excluding hydrogens is 386 g/mol. The summed E-state index contributed by atoms with van der Waals surface area (Å²) in [6.07, 6.45) is 3.03. The molecule has 30 heavy (non-hydrogen) atoms. The highest BCUT2D eigenvalue weighted by Gasteiger charge is 2.15. The number of rotatable bonds is 4. The normalized spacial score (nSPS) is 11.2. The van der Waals surface area contributed by atoms with Crippen LogP contribution < -0.4 is 10.5 Å². The van der Waals surface area contributed by atoms with E-state index in [0.717, 1.165) is 12.1 Å². The number of nitro groups is 1. The summed E-state index contributed by atoms with van der Waals surface area (Å²) in [5.74, 6) is -0.511. The summed E-state index contributed by atoms with van der Waals surface area (Å²) in [7, 11) is 0. The van der Waals surface area contributed by atoms with Gasteiger partial charge < -0.3 is 14.6 Å². The number of benzene rings is 3. The van der Waals surface area contributed by atoms with E-state index < -0.39 is 16.4 Å². The van der Waals surface area contributed by atoms with E-state index in [-0.39, 0.29) is 22.5 Å². The highest BCUT2D eigenvalue weighted by Crippen LogP contribution is 2.29. The van der Waals surface area contributed by atoms with Gasteiger partial charge in [-0.3, -0.25) is 14.9 Å². The van der Waals surface area contributed by atoms with E-state index in [1.807, 2.05) is 6.07 Å². The Hall–Kier alpha value is -4.39. The van der Waals surface area contributed by atoms with Crippen LogP contribution in [-0.4, -0.2) is 10.0 Å². The molecule has 0 aliphatic carbocycles. The van der Waals surface area contributed by atoms with Crippen molar-refractivity contribution in [3.63, 3.8) is 0 Å². The molecule has 1 heterocycles. The van der Waals surface area contributed by atoms with E-state index in [2.05, 4.69) is 0 Å². The van der Waals surface area contributed by atoms with Gasteiger partial charge in [0.25, 0.3) is 5.69 Å². The zero-order valence-corrected chi connectivity index (χ0v) is 15.4. The Morgan fingerprint density at radius 2 is 1.73 bits per heavy atom. The van der Waals surface area contributed by atoms with Crippen LogP contribution in [0.4, 0.5) is 5.69 Å². The summed E-state index contributed by atoms with van der Waals surface area (Å²) in [5, 5.41) is 32.7. The lowest BCUT2D eigenvalue weighted by Crippen LogP contribution is -2.07. The predicted molar refractivity (Wildman–Crippen MR) is 111 cm³/mol. The van der Waals surface area contributed by atoms with Crippen LogP contribution in [0.2, 0.25) is 0 Å². The first-order valence-electron chi connectivity index (χ1n) is 8.93. The lowest BCUT2D eigenvalue weighted by Gasteiger charge is -2.08. The first-order chi connectivity index (χ1) is 14.4. The second kappa shape index (κ2) is 7.56. The van der Waals surface area contributed by atoms with Crippen molar-refractivity contribution in [1.82, 2.24) is 0 Å². The number of nitro benzene ring substituents is 1. The number of phenols is 1. The van der Waals surface area contributed by atoms with Crippen LogP contribution in [0.25, 0.3) is 34.2 Å². The Morgan fingerprint density at radius 3 is 2.47 bits per heavy atom. The number of hydrogen-bond acceptors (Lipinski definition) is 6. The molecule has 4 rings (SSSR count). The minimum absolute atomic E-state index is 0.0466. The number of phenolic OH excluding ortho intramolecular Hbond substituents is 1. The summed E-state index contributed by atoms with van der Waals surface area (Å²) in [6.45, 7) is 0. The van der Waals surface area contributed by atoms with Gasteiger partial charge in [0.05, 0.1) is 15.9 Å². The largest absolute Gasteiger partial charge is 0.868 e. The second-order valence-corrected chi connectivity index (χ2v) is 6.53. The molecule has 7 nitrogen and oxygen atoms in total. The third-order valence-corrected chi connectivity index (χ3v) is 4.57. The van der Waals surface area contributed by atoms with Crippen LogP contribution in [0.5, 0.6) is 11.5 Å². The molecule has 0 radical (unpaired) electrons. The molecular formula is C23H14NO6-. The van der Waals surface area contributed by atoms with Crippen LogP contribution >= 0.6 is 0 Å². The highest BCUT2D eigenvalue weighted by molar-refractivity contribution is 5.87. The van der Waals surface area contributed by atoms with E-state index >= 15 is 0 Å². The molecule has 0 saturated carbocycles. The molecule has 1 N–H and O–H groups in total. The smallest absolute Gasteiger partial charge is 0.262 e. The Kier molecular flexibility index (Phi) is 4.77. The van der Waals surface area contributed by atoms with Gasteiger partial charge in [0.1, 0.15) is 17.1 Å². The lowest BCUT2D eigenvalue weighted by atomic mass is 10.0. The van der Waals surface area contributed by atoms with Crippen LogP contribution in [0, 0.1) is 10.1 Å². The number of hydrogen-bond donors (Lipinski definition) is 1. The van der Waals surface area contributed by atoms with Gasteiger partial charge >= 0.3 is 0 Å². The highest BCUT2D eigenvalue weighted by atomic mass is 16.6. The van der Waals surface area contributed by atoms with E-state index in [9.17, 15) is 25.1 Å². The van der Waals surface area contributed by atoms with Crippen molar-refractivity contribution in [2.75, 3.05) is 0 Å². The average molecular weight is 400 g/mol. The van der Waals surface area contributed by atoms with Gasteiger partial charge in [-0.2, -0.15) is 0 Å². The summed E-state index contributed by atoms with van der Waals surface area (Å²) in [4.78, 5) is 23.4. The fourth-order valence-corrected chi connectivity index (χ4v) is 3.15. The van der Waals surface area contributed by atoms with Crippen molar-refractivity contribution in [3.05, 3.63) is 98.4 Å². The average Bonchev–Trinajstić information content (AvgIpc) is 2.73. The maximum Gasteiger partial charge on any atom is 0.262 e. The molecule has 0 aliphatic heterocycles. The third-order valence-electron chi connectivity index (χ3n) is 4.57. The Labute approximate surface area is 169 Å². The minimum Gasteiger partial charge on any atom is -0.868 e. The van der Waals surface area contributed by atoms with Crippen LogP contribution in [0.15, 0.2) is 75.9 Å². The number of nitrogens with zero attached hydrogens (tertiary/aromatic N) is 1. The topological polar surface area (TPSA) is 117 Å². The van der Waals surface area contributed by atoms with Crippen molar-refractivity contribution >= 4 is 28.8 Å². The fraction of sp³-hybridized carbons (Fsp3) is 0. The van der Waals surface area contributed by atoms with Crippen molar-refractivity contribution in [3.8, 4) is 22.6 Å². The van der Waals surface area contributed by atoms with Gasteiger partial charge in [0.2, 0.25) is 5.43 Å². The molecule has 148 valence electrons. The molecule has 0 atom stereocenters. The molecule has 0 bridgehead atoms. The van der Waals surface area contributed by atoms with Gasteiger partial charge in [0.15, 0.2) is 0 Å². The zero-order chi connectivity index (χ0) is 21.3.